The van der Waals surface area contributed by atoms with Crippen LogP contribution in [-0.4, -0.2) is 22.9 Å². The SMILES string of the molecule is COc1ccc(-c2ccnc(C(C(N)=O)c3ccccc3)c2)c([N+](=O)[O-])c1. The summed E-state index contributed by atoms with van der Waals surface area (Å²) in [5.74, 6) is -0.905. The molecule has 0 saturated heterocycles. The lowest BCUT2D eigenvalue weighted by molar-refractivity contribution is -0.384. The van der Waals surface area contributed by atoms with Crippen molar-refractivity contribution in [2.45, 2.75) is 5.92 Å². The highest BCUT2D eigenvalue weighted by Crippen LogP contribution is 2.34. The zero-order valence-corrected chi connectivity index (χ0v) is 14.5. The van der Waals surface area contributed by atoms with Crippen molar-refractivity contribution in [3.8, 4) is 16.9 Å². The van der Waals surface area contributed by atoms with E-state index in [9.17, 15) is 14.9 Å². The number of carbonyl (C=O) groups is 1. The van der Waals surface area contributed by atoms with Gasteiger partial charge in [-0.05, 0) is 35.4 Å². The summed E-state index contributed by atoms with van der Waals surface area (Å²) in [5.41, 5.74) is 7.61. The molecule has 0 saturated carbocycles. The van der Waals surface area contributed by atoms with Crippen LogP contribution in [0.3, 0.4) is 0 Å². The Labute approximate surface area is 155 Å². The lowest BCUT2D eigenvalue weighted by atomic mass is 9.92. The summed E-state index contributed by atoms with van der Waals surface area (Å²) < 4.78 is 5.07. The van der Waals surface area contributed by atoms with Gasteiger partial charge in [0.15, 0.2) is 0 Å². The van der Waals surface area contributed by atoms with Gasteiger partial charge in [-0.15, -0.1) is 0 Å². The monoisotopic (exact) mass is 363 g/mol. The van der Waals surface area contributed by atoms with Crippen LogP contribution in [0, 0.1) is 10.1 Å². The third-order valence-electron chi connectivity index (χ3n) is 4.21. The van der Waals surface area contributed by atoms with Gasteiger partial charge in [0.05, 0.1) is 29.4 Å². The van der Waals surface area contributed by atoms with Crippen molar-refractivity contribution in [1.82, 2.24) is 4.98 Å². The molecular weight excluding hydrogens is 346 g/mol. The predicted molar refractivity (Wildman–Crippen MR) is 100 cm³/mol. The number of methoxy groups -OCH3 is 1. The van der Waals surface area contributed by atoms with Gasteiger partial charge in [-0.3, -0.25) is 19.9 Å². The Morgan fingerprint density at radius 3 is 2.52 bits per heavy atom. The average molecular weight is 363 g/mol. The van der Waals surface area contributed by atoms with Crippen molar-refractivity contribution in [2.24, 2.45) is 5.73 Å². The van der Waals surface area contributed by atoms with E-state index in [1.807, 2.05) is 18.2 Å². The van der Waals surface area contributed by atoms with Crippen LogP contribution < -0.4 is 10.5 Å². The van der Waals surface area contributed by atoms with Gasteiger partial charge >= 0.3 is 0 Å². The quantitative estimate of drug-likeness (QED) is 0.534. The fourth-order valence-electron chi connectivity index (χ4n) is 2.93. The zero-order chi connectivity index (χ0) is 19.4. The molecule has 1 unspecified atom stereocenters. The number of hydrogen-bond donors (Lipinski definition) is 1. The van der Waals surface area contributed by atoms with Gasteiger partial charge in [0, 0.05) is 6.20 Å². The van der Waals surface area contributed by atoms with Crippen LogP contribution in [0.5, 0.6) is 5.75 Å². The molecule has 1 aromatic heterocycles. The van der Waals surface area contributed by atoms with Crippen LogP contribution in [0.1, 0.15) is 17.2 Å². The molecule has 0 aliphatic carbocycles. The summed E-state index contributed by atoms with van der Waals surface area (Å²) in [6.45, 7) is 0. The zero-order valence-electron chi connectivity index (χ0n) is 14.5. The van der Waals surface area contributed by atoms with E-state index in [4.69, 9.17) is 10.5 Å². The Bertz CT molecular complexity index is 990. The first kappa shape index (κ1) is 18.1. The van der Waals surface area contributed by atoms with Crippen molar-refractivity contribution in [3.05, 3.63) is 88.2 Å². The van der Waals surface area contributed by atoms with Crippen LogP contribution in [0.4, 0.5) is 5.69 Å². The van der Waals surface area contributed by atoms with Crippen molar-refractivity contribution in [2.75, 3.05) is 7.11 Å². The topological polar surface area (TPSA) is 108 Å². The Hall–Kier alpha value is -3.74. The highest BCUT2D eigenvalue weighted by molar-refractivity contribution is 5.86. The maximum atomic E-state index is 12.1. The Morgan fingerprint density at radius 1 is 1.15 bits per heavy atom. The van der Waals surface area contributed by atoms with Gasteiger partial charge in [0.25, 0.3) is 5.69 Å². The first-order valence-corrected chi connectivity index (χ1v) is 8.14. The first-order valence-electron chi connectivity index (χ1n) is 8.14. The van der Waals surface area contributed by atoms with E-state index in [0.29, 0.717) is 28.1 Å². The number of nitro groups is 1. The van der Waals surface area contributed by atoms with Crippen molar-refractivity contribution in [1.29, 1.82) is 0 Å². The third kappa shape index (κ3) is 3.77. The molecule has 1 amide bonds. The second kappa shape index (κ2) is 7.65. The number of benzene rings is 2. The summed E-state index contributed by atoms with van der Waals surface area (Å²) in [5, 5.41) is 11.5. The highest BCUT2D eigenvalue weighted by atomic mass is 16.6. The summed E-state index contributed by atoms with van der Waals surface area (Å²) in [6, 6.07) is 17.0. The standard InChI is InChI=1S/C20H17N3O4/c1-27-15-7-8-16(18(12-15)23(25)26)14-9-10-22-17(11-14)19(20(21)24)13-5-3-2-4-6-13/h2-12,19H,1H3,(H2,21,24). The van der Waals surface area contributed by atoms with Crippen LogP contribution in [0.15, 0.2) is 66.9 Å². The molecule has 0 aliphatic heterocycles. The third-order valence-corrected chi connectivity index (χ3v) is 4.21. The number of carbonyl (C=O) groups excluding carboxylic acids is 1. The van der Waals surface area contributed by atoms with E-state index in [1.54, 1.807) is 36.4 Å². The Kier molecular flexibility index (Phi) is 5.12. The molecule has 2 aromatic carbocycles. The number of hydrogen-bond acceptors (Lipinski definition) is 5. The largest absolute Gasteiger partial charge is 0.497 e. The second-order valence-corrected chi connectivity index (χ2v) is 5.86. The van der Waals surface area contributed by atoms with E-state index in [1.165, 1.54) is 19.4 Å². The lowest BCUT2D eigenvalue weighted by Crippen LogP contribution is -2.23. The van der Waals surface area contributed by atoms with Crippen molar-refractivity contribution in [3.63, 3.8) is 0 Å². The number of rotatable bonds is 6. The van der Waals surface area contributed by atoms with Crippen LogP contribution in [0.2, 0.25) is 0 Å². The fourth-order valence-corrected chi connectivity index (χ4v) is 2.93. The van der Waals surface area contributed by atoms with Crippen molar-refractivity contribution < 1.29 is 14.5 Å². The number of aromatic nitrogens is 1. The minimum absolute atomic E-state index is 0.0955. The smallest absolute Gasteiger partial charge is 0.280 e. The van der Waals surface area contributed by atoms with Crippen LogP contribution in [0.25, 0.3) is 11.1 Å². The molecule has 0 fully saturated rings. The minimum Gasteiger partial charge on any atom is -0.497 e. The fraction of sp³-hybridized carbons (Fsp3) is 0.100. The van der Waals surface area contributed by atoms with Crippen molar-refractivity contribution >= 4 is 11.6 Å². The van der Waals surface area contributed by atoms with Crippen LogP contribution in [-0.2, 0) is 4.79 Å². The summed E-state index contributed by atoms with van der Waals surface area (Å²) >= 11 is 0. The normalized spacial score (nSPS) is 11.6. The molecule has 3 aromatic rings. The molecule has 2 N–H and O–H groups in total. The maximum absolute atomic E-state index is 12.1. The summed E-state index contributed by atoms with van der Waals surface area (Å²) in [6.07, 6.45) is 1.51. The number of primary amides is 1. The van der Waals surface area contributed by atoms with E-state index in [0.717, 1.165) is 0 Å². The molecule has 0 aliphatic rings. The Morgan fingerprint density at radius 2 is 1.89 bits per heavy atom. The molecule has 1 atom stereocenters. The van der Waals surface area contributed by atoms with Gasteiger partial charge in [-0.25, -0.2) is 0 Å². The molecule has 1 heterocycles. The van der Waals surface area contributed by atoms with Gasteiger partial charge in [-0.2, -0.15) is 0 Å². The number of nitrogens with two attached hydrogens (primary N) is 1. The number of nitro benzene ring substituents is 1. The molecule has 0 radical (unpaired) electrons. The molecule has 7 nitrogen and oxygen atoms in total. The number of pyridine rings is 1. The second-order valence-electron chi connectivity index (χ2n) is 5.86. The number of amides is 1. The van der Waals surface area contributed by atoms with E-state index < -0.39 is 16.7 Å². The van der Waals surface area contributed by atoms with Gasteiger partial charge in [0.2, 0.25) is 5.91 Å². The molecule has 27 heavy (non-hydrogen) atoms. The van der Waals surface area contributed by atoms with Gasteiger partial charge < -0.3 is 10.5 Å². The van der Waals surface area contributed by atoms with E-state index in [-0.39, 0.29) is 5.69 Å². The molecule has 0 spiro atoms. The summed E-state index contributed by atoms with van der Waals surface area (Å²) in [7, 11) is 1.45. The lowest BCUT2D eigenvalue weighted by Gasteiger charge is -2.14. The number of ether oxygens (including phenoxy) is 1. The highest BCUT2D eigenvalue weighted by Gasteiger charge is 2.23. The van der Waals surface area contributed by atoms with Gasteiger partial charge in [-0.1, -0.05) is 30.3 Å². The van der Waals surface area contributed by atoms with E-state index in [2.05, 4.69) is 4.98 Å². The Balaban J connectivity index is 2.11. The molecule has 7 heteroatoms. The maximum Gasteiger partial charge on any atom is 0.280 e. The van der Waals surface area contributed by atoms with E-state index >= 15 is 0 Å². The van der Waals surface area contributed by atoms with Gasteiger partial charge in [0.1, 0.15) is 11.7 Å². The minimum atomic E-state index is -0.747. The molecule has 136 valence electrons. The molecule has 3 rings (SSSR count). The molecule has 0 bridgehead atoms. The predicted octanol–water partition coefficient (Wildman–Crippen LogP) is 3.28. The summed E-state index contributed by atoms with van der Waals surface area (Å²) in [4.78, 5) is 27.3. The van der Waals surface area contributed by atoms with Crippen LogP contribution >= 0.6 is 0 Å². The first-order chi connectivity index (χ1) is 13.0. The molecular formula is C20H17N3O4. The average Bonchev–Trinajstić information content (AvgIpc) is 2.68. The number of nitrogens with zero attached hydrogens (tertiary/aromatic N) is 2.